The van der Waals surface area contributed by atoms with Gasteiger partial charge in [-0.2, -0.15) is 0 Å². The topological polar surface area (TPSA) is 69.4 Å². The highest BCUT2D eigenvalue weighted by atomic mass is 16.6. The second kappa shape index (κ2) is 7.21. The van der Waals surface area contributed by atoms with E-state index in [0.29, 0.717) is 18.5 Å². The molecular weight excluding hydrogens is 234 g/mol. The molecule has 1 aromatic carbocycles. The summed E-state index contributed by atoms with van der Waals surface area (Å²) in [6.45, 7) is -0.191. The number of hydrogen-bond donors (Lipinski definition) is 0. The molecule has 0 fully saturated rings. The molecule has 0 radical (unpaired) electrons. The van der Waals surface area contributed by atoms with Gasteiger partial charge >= 0.3 is 0 Å². The summed E-state index contributed by atoms with van der Waals surface area (Å²) >= 11 is 0. The van der Waals surface area contributed by atoms with Crippen molar-refractivity contribution in [2.75, 3.05) is 13.7 Å². The number of aldehydes is 1. The molecule has 0 aliphatic heterocycles. The largest absolute Gasteiger partial charge is 0.496 e. The number of rotatable bonds is 7. The summed E-state index contributed by atoms with van der Waals surface area (Å²) in [4.78, 5) is 20.6. The molecule has 0 amide bonds. The molecule has 0 aromatic heterocycles. The second-order valence-electron chi connectivity index (χ2n) is 3.75. The Morgan fingerprint density at radius 3 is 2.78 bits per heavy atom. The molecule has 0 saturated heterocycles. The Bertz CT molecular complexity index is 442. The van der Waals surface area contributed by atoms with Gasteiger partial charge in [0.15, 0.2) is 0 Å². The van der Waals surface area contributed by atoms with E-state index >= 15 is 0 Å². The first-order valence-electron chi connectivity index (χ1n) is 5.54. The van der Waals surface area contributed by atoms with Crippen LogP contribution in [-0.4, -0.2) is 24.9 Å². The highest BCUT2D eigenvalue weighted by molar-refractivity contribution is 5.64. The highest BCUT2D eigenvalue weighted by Crippen LogP contribution is 2.29. The smallest absolute Gasteiger partial charge is 0.211 e. The zero-order valence-corrected chi connectivity index (χ0v) is 10.1. The first kappa shape index (κ1) is 13.9. The molecule has 0 spiro atoms. The highest BCUT2D eigenvalue weighted by Gasteiger charge is 2.19. The molecule has 1 atom stereocenters. The number of nitro groups is 1. The minimum absolute atomic E-state index is 0.191. The first-order valence-corrected chi connectivity index (χ1v) is 5.54. The van der Waals surface area contributed by atoms with Gasteiger partial charge in [0.25, 0.3) is 0 Å². The first-order chi connectivity index (χ1) is 8.69. The van der Waals surface area contributed by atoms with Crippen molar-refractivity contribution in [3.05, 3.63) is 52.1 Å². The molecule has 1 unspecified atom stereocenters. The Morgan fingerprint density at radius 1 is 1.44 bits per heavy atom. The van der Waals surface area contributed by atoms with E-state index < -0.39 is 0 Å². The van der Waals surface area contributed by atoms with Crippen LogP contribution in [0.2, 0.25) is 0 Å². The van der Waals surface area contributed by atoms with Crippen LogP contribution in [0.1, 0.15) is 17.9 Å². The van der Waals surface area contributed by atoms with Gasteiger partial charge in [-0.1, -0.05) is 24.3 Å². The summed E-state index contributed by atoms with van der Waals surface area (Å²) in [7, 11) is 1.53. The van der Waals surface area contributed by atoms with Crippen molar-refractivity contribution in [3.63, 3.8) is 0 Å². The molecule has 0 bridgehead atoms. The van der Waals surface area contributed by atoms with E-state index in [2.05, 4.69) is 0 Å². The molecule has 0 heterocycles. The second-order valence-corrected chi connectivity index (χ2v) is 3.75. The quantitative estimate of drug-likeness (QED) is 0.321. The molecule has 96 valence electrons. The summed E-state index contributed by atoms with van der Waals surface area (Å²) in [5, 5.41) is 10.7. The van der Waals surface area contributed by atoms with Gasteiger partial charge in [0, 0.05) is 10.5 Å². The van der Waals surface area contributed by atoms with Crippen LogP contribution in [-0.2, 0) is 4.79 Å². The van der Waals surface area contributed by atoms with Crippen molar-refractivity contribution in [2.24, 2.45) is 0 Å². The number of nitrogens with zero attached hydrogens (tertiary/aromatic N) is 1. The minimum Gasteiger partial charge on any atom is -0.496 e. The fourth-order valence-corrected chi connectivity index (χ4v) is 1.78. The number of benzene rings is 1. The number of hydrogen-bond acceptors (Lipinski definition) is 4. The van der Waals surface area contributed by atoms with Crippen molar-refractivity contribution >= 4 is 6.29 Å². The summed E-state index contributed by atoms with van der Waals surface area (Å²) < 4.78 is 5.20. The summed E-state index contributed by atoms with van der Waals surface area (Å²) in [5.74, 6) is 0.330. The Balaban J connectivity index is 2.96. The van der Waals surface area contributed by atoms with Crippen LogP contribution < -0.4 is 4.74 Å². The normalized spacial score (nSPS) is 12.3. The molecule has 5 heteroatoms. The van der Waals surface area contributed by atoms with Crippen LogP contribution in [0, 0.1) is 10.1 Å². The van der Waals surface area contributed by atoms with Crippen molar-refractivity contribution in [1.29, 1.82) is 0 Å². The number of carbonyl (C=O) groups is 1. The lowest BCUT2D eigenvalue weighted by Crippen LogP contribution is -2.13. The average molecular weight is 249 g/mol. The van der Waals surface area contributed by atoms with Gasteiger partial charge in [0.2, 0.25) is 6.54 Å². The van der Waals surface area contributed by atoms with Crippen LogP contribution in [0.4, 0.5) is 0 Å². The fourth-order valence-electron chi connectivity index (χ4n) is 1.78. The molecule has 0 aliphatic rings. The third-order valence-electron chi connectivity index (χ3n) is 2.58. The molecule has 0 aliphatic carbocycles. The number of carbonyl (C=O) groups excluding carboxylic acids is 1. The average Bonchev–Trinajstić information content (AvgIpc) is 2.37. The predicted molar refractivity (Wildman–Crippen MR) is 67.4 cm³/mol. The lowest BCUT2D eigenvalue weighted by atomic mass is 9.94. The van der Waals surface area contributed by atoms with Gasteiger partial charge in [-0.05, 0) is 18.6 Å². The molecule has 1 aromatic rings. The molecule has 0 saturated carbocycles. The molecule has 5 nitrogen and oxygen atoms in total. The lowest BCUT2D eigenvalue weighted by molar-refractivity contribution is -0.483. The van der Waals surface area contributed by atoms with E-state index in [1.54, 1.807) is 12.1 Å². The van der Waals surface area contributed by atoms with E-state index in [0.717, 1.165) is 5.56 Å². The third kappa shape index (κ3) is 4.01. The Morgan fingerprint density at radius 2 is 2.17 bits per heavy atom. The van der Waals surface area contributed by atoms with E-state index in [9.17, 15) is 14.9 Å². The lowest BCUT2D eigenvalue weighted by Gasteiger charge is -2.14. The standard InChI is InChI=1S/C13H15NO4/c1-18-13-8-3-2-7-12(13)11(10-14(16)17)6-4-5-9-15/h2-5,7-9,11H,6,10H2,1H3/b5-4+. The van der Waals surface area contributed by atoms with Crippen molar-refractivity contribution in [2.45, 2.75) is 12.3 Å². The maximum atomic E-state index is 10.7. The van der Waals surface area contributed by atoms with Gasteiger partial charge in [0.1, 0.15) is 12.0 Å². The predicted octanol–water partition coefficient (Wildman–Crippen LogP) is 2.20. The van der Waals surface area contributed by atoms with Crippen LogP contribution in [0.3, 0.4) is 0 Å². The van der Waals surface area contributed by atoms with Gasteiger partial charge in [-0.3, -0.25) is 14.9 Å². The summed E-state index contributed by atoms with van der Waals surface area (Å²) in [6, 6.07) is 7.20. The van der Waals surface area contributed by atoms with Crippen LogP contribution in [0.25, 0.3) is 0 Å². The monoisotopic (exact) mass is 249 g/mol. The molecule has 0 N–H and O–H groups in total. The maximum absolute atomic E-state index is 10.7. The van der Waals surface area contributed by atoms with Crippen molar-refractivity contribution in [3.8, 4) is 5.75 Å². The van der Waals surface area contributed by atoms with E-state index in [-0.39, 0.29) is 17.4 Å². The van der Waals surface area contributed by atoms with E-state index in [1.165, 1.54) is 13.2 Å². The zero-order chi connectivity index (χ0) is 13.4. The van der Waals surface area contributed by atoms with E-state index in [4.69, 9.17) is 4.74 Å². The van der Waals surface area contributed by atoms with Crippen molar-refractivity contribution in [1.82, 2.24) is 0 Å². The number of ether oxygens (including phenoxy) is 1. The SMILES string of the molecule is COc1ccccc1C(C/C=C/C=O)C[N+](=O)[O-]. The number of methoxy groups -OCH3 is 1. The Kier molecular flexibility index (Phi) is 5.57. The Labute approximate surface area is 105 Å². The zero-order valence-electron chi connectivity index (χ0n) is 10.1. The van der Waals surface area contributed by atoms with Gasteiger partial charge in [-0.15, -0.1) is 0 Å². The molecule has 1 rings (SSSR count). The van der Waals surface area contributed by atoms with E-state index in [1.807, 2.05) is 18.2 Å². The van der Waals surface area contributed by atoms with Crippen molar-refractivity contribution < 1.29 is 14.5 Å². The fraction of sp³-hybridized carbons (Fsp3) is 0.308. The number of allylic oxidation sites excluding steroid dienone is 2. The number of para-hydroxylation sites is 1. The third-order valence-corrected chi connectivity index (χ3v) is 2.58. The maximum Gasteiger partial charge on any atom is 0.211 e. The summed E-state index contributed by atoms with van der Waals surface area (Å²) in [6.07, 6.45) is 4.07. The van der Waals surface area contributed by atoms with Gasteiger partial charge in [0.05, 0.1) is 13.0 Å². The molecule has 18 heavy (non-hydrogen) atoms. The van der Waals surface area contributed by atoms with Gasteiger partial charge < -0.3 is 4.74 Å². The minimum atomic E-state index is -0.355. The van der Waals surface area contributed by atoms with Gasteiger partial charge in [-0.25, -0.2) is 0 Å². The van der Waals surface area contributed by atoms with Crippen LogP contribution >= 0.6 is 0 Å². The van der Waals surface area contributed by atoms with Crippen LogP contribution in [0.15, 0.2) is 36.4 Å². The summed E-state index contributed by atoms with van der Waals surface area (Å²) in [5.41, 5.74) is 0.784. The Hall–Kier alpha value is -2.17. The van der Waals surface area contributed by atoms with Crippen LogP contribution in [0.5, 0.6) is 5.75 Å². The molecular formula is C13H15NO4.